The average molecular weight is 555 g/mol. The lowest BCUT2D eigenvalue weighted by Crippen LogP contribution is -2.26. The monoisotopic (exact) mass is 554 g/mol. The van der Waals surface area contributed by atoms with E-state index < -0.39 is 23.5 Å². The molecule has 0 saturated carbocycles. The molecule has 0 aliphatic heterocycles. The zero-order valence-electron chi connectivity index (χ0n) is 20.7. The van der Waals surface area contributed by atoms with Crippen LogP contribution >= 0.6 is 12.4 Å². The van der Waals surface area contributed by atoms with E-state index in [1.807, 2.05) is 56.3 Å². The normalized spacial score (nSPS) is 12.0. The van der Waals surface area contributed by atoms with Crippen LogP contribution in [0.15, 0.2) is 65.5 Å². The van der Waals surface area contributed by atoms with E-state index in [9.17, 15) is 31.1 Å². The molecule has 3 nitrogen and oxygen atoms in total. The van der Waals surface area contributed by atoms with E-state index in [0.717, 1.165) is 27.6 Å². The molecule has 0 bridgehead atoms. The second-order valence-electron chi connectivity index (χ2n) is 9.05. The minimum atomic E-state index is -4.92. The van der Waals surface area contributed by atoms with Crippen molar-refractivity contribution in [2.24, 2.45) is 7.05 Å². The molecule has 1 N–H and O–H groups in total. The number of alkyl halides is 6. The Hall–Kier alpha value is -3.30. The zero-order chi connectivity index (χ0) is 27.1. The summed E-state index contributed by atoms with van der Waals surface area (Å²) in [6.07, 6.45) is -9.84. The maximum atomic E-state index is 13.2. The number of nitrogens with zero attached hydrogens (tertiary/aromatic N) is 1. The topological polar surface area (TPSA) is 34.0 Å². The first-order valence-electron chi connectivity index (χ1n) is 11.4. The number of fused-ring (bicyclic) bond motifs is 1. The van der Waals surface area contributed by atoms with Gasteiger partial charge in [0.25, 0.3) is 5.56 Å². The molecule has 0 aliphatic carbocycles. The number of hydrogen-bond donors (Lipinski definition) is 1. The molecule has 10 heteroatoms. The summed E-state index contributed by atoms with van der Waals surface area (Å²) in [4.78, 5) is 13.2. The highest BCUT2D eigenvalue weighted by molar-refractivity contribution is 5.98. The Bertz CT molecular complexity index is 1490. The summed E-state index contributed by atoms with van der Waals surface area (Å²) in [5.41, 5.74) is 0.972. The van der Waals surface area contributed by atoms with Crippen LogP contribution in [0.4, 0.5) is 26.3 Å². The van der Waals surface area contributed by atoms with E-state index >= 15 is 0 Å². The number of rotatable bonds is 5. The Morgan fingerprint density at radius 2 is 1.29 bits per heavy atom. The largest absolute Gasteiger partial charge is 0.416 e. The van der Waals surface area contributed by atoms with Crippen LogP contribution in [0.5, 0.6) is 0 Å². The minimum absolute atomic E-state index is 0. The predicted molar refractivity (Wildman–Crippen MR) is 138 cm³/mol. The van der Waals surface area contributed by atoms with Crippen LogP contribution in [0.3, 0.4) is 0 Å². The van der Waals surface area contributed by atoms with Gasteiger partial charge < -0.3 is 9.88 Å². The van der Waals surface area contributed by atoms with E-state index in [1.54, 1.807) is 7.05 Å². The van der Waals surface area contributed by atoms with Gasteiger partial charge in [-0.25, -0.2) is 0 Å². The van der Waals surface area contributed by atoms with Crippen LogP contribution in [0.1, 0.15) is 33.5 Å². The van der Waals surface area contributed by atoms with E-state index in [4.69, 9.17) is 0 Å². The molecule has 0 saturated heterocycles. The van der Waals surface area contributed by atoms with Crippen molar-refractivity contribution in [2.75, 3.05) is 0 Å². The standard InChI is InChI=1S/C28H24F6N2O.ClH/c1-16-9-22-23(10-17(16)2)26(37)36(3)24(25(22)19-7-5-4-6-8-19)15-35-14-18-11-20(27(29,30)31)13-21(12-18)28(32,33)34;/h4-13,35H,14-15H2,1-3H3;1H. The SMILES string of the molecule is Cc1cc2c(-c3ccccc3)c(CNCc3cc(C(F)(F)F)cc(C(F)(F)F)c3)n(C)c(=O)c2cc1C.Cl. The third-order valence-electron chi connectivity index (χ3n) is 6.46. The van der Waals surface area contributed by atoms with E-state index in [1.165, 1.54) is 4.57 Å². The molecule has 202 valence electrons. The number of pyridine rings is 1. The Balaban J connectivity index is 0.00000400. The van der Waals surface area contributed by atoms with Gasteiger partial charge in [0.05, 0.1) is 11.1 Å². The third-order valence-corrected chi connectivity index (χ3v) is 6.46. The van der Waals surface area contributed by atoms with Crippen LogP contribution in [0.2, 0.25) is 0 Å². The Morgan fingerprint density at radius 3 is 1.82 bits per heavy atom. The Labute approximate surface area is 221 Å². The van der Waals surface area contributed by atoms with Gasteiger partial charge in [-0.05, 0) is 65.8 Å². The molecule has 4 aromatic rings. The fourth-order valence-corrected chi connectivity index (χ4v) is 4.41. The van der Waals surface area contributed by atoms with Crippen molar-refractivity contribution in [3.8, 4) is 11.1 Å². The quantitative estimate of drug-likeness (QED) is 0.258. The summed E-state index contributed by atoms with van der Waals surface area (Å²) in [6, 6.07) is 14.6. The number of halogens is 7. The molecule has 0 atom stereocenters. The van der Waals surface area contributed by atoms with Gasteiger partial charge in [0, 0.05) is 36.8 Å². The molecule has 4 rings (SSSR count). The van der Waals surface area contributed by atoms with Gasteiger partial charge in [0.15, 0.2) is 0 Å². The van der Waals surface area contributed by atoms with E-state index in [0.29, 0.717) is 23.2 Å². The molecule has 0 fully saturated rings. The van der Waals surface area contributed by atoms with Crippen molar-refractivity contribution in [3.05, 3.63) is 105 Å². The zero-order valence-corrected chi connectivity index (χ0v) is 21.5. The highest BCUT2D eigenvalue weighted by Gasteiger charge is 2.36. The van der Waals surface area contributed by atoms with Crippen LogP contribution in [0, 0.1) is 13.8 Å². The summed E-state index contributed by atoms with van der Waals surface area (Å²) < 4.78 is 80.9. The van der Waals surface area contributed by atoms with Crippen molar-refractivity contribution in [1.29, 1.82) is 0 Å². The lowest BCUT2D eigenvalue weighted by atomic mass is 9.94. The molecular weight excluding hydrogens is 530 g/mol. The highest BCUT2D eigenvalue weighted by Crippen LogP contribution is 2.36. The third kappa shape index (κ3) is 5.89. The molecule has 0 radical (unpaired) electrons. The molecule has 1 aromatic heterocycles. The summed E-state index contributed by atoms with van der Waals surface area (Å²) in [5, 5.41) is 4.21. The van der Waals surface area contributed by atoms with Crippen molar-refractivity contribution in [1.82, 2.24) is 9.88 Å². The molecular formula is C28H25ClF6N2O. The molecule has 0 amide bonds. The van der Waals surface area contributed by atoms with Crippen molar-refractivity contribution in [2.45, 2.75) is 39.3 Å². The summed E-state index contributed by atoms with van der Waals surface area (Å²) in [6.45, 7) is 3.62. The summed E-state index contributed by atoms with van der Waals surface area (Å²) >= 11 is 0. The van der Waals surface area contributed by atoms with Gasteiger partial charge in [-0.2, -0.15) is 26.3 Å². The van der Waals surface area contributed by atoms with Gasteiger partial charge in [-0.3, -0.25) is 4.79 Å². The van der Waals surface area contributed by atoms with Gasteiger partial charge >= 0.3 is 12.4 Å². The Kier molecular flexibility index (Phi) is 8.33. The average Bonchev–Trinajstić information content (AvgIpc) is 2.83. The number of aryl methyl sites for hydroxylation is 2. The fourth-order valence-electron chi connectivity index (χ4n) is 4.41. The van der Waals surface area contributed by atoms with E-state index in [2.05, 4.69) is 5.32 Å². The maximum Gasteiger partial charge on any atom is 0.416 e. The summed E-state index contributed by atoms with van der Waals surface area (Å²) in [7, 11) is 1.60. The second kappa shape index (κ2) is 10.8. The first kappa shape index (κ1) is 29.3. The fraction of sp³-hybridized carbons (Fsp3) is 0.250. The van der Waals surface area contributed by atoms with Gasteiger partial charge in [0.2, 0.25) is 0 Å². The second-order valence-corrected chi connectivity index (χ2v) is 9.05. The molecule has 1 heterocycles. The smallest absolute Gasteiger partial charge is 0.313 e. The van der Waals surface area contributed by atoms with Gasteiger partial charge in [0.1, 0.15) is 0 Å². The summed E-state index contributed by atoms with van der Waals surface area (Å²) in [5.74, 6) is 0. The van der Waals surface area contributed by atoms with Crippen LogP contribution in [-0.4, -0.2) is 4.57 Å². The molecule has 0 aliphatic rings. The molecule has 38 heavy (non-hydrogen) atoms. The Morgan fingerprint density at radius 1 is 0.763 bits per heavy atom. The lowest BCUT2D eigenvalue weighted by molar-refractivity contribution is -0.143. The van der Waals surface area contributed by atoms with Crippen molar-refractivity contribution < 1.29 is 26.3 Å². The number of aromatic nitrogens is 1. The maximum absolute atomic E-state index is 13.2. The first-order chi connectivity index (χ1) is 17.3. The van der Waals surface area contributed by atoms with Crippen LogP contribution < -0.4 is 10.9 Å². The van der Waals surface area contributed by atoms with Gasteiger partial charge in [-0.15, -0.1) is 12.4 Å². The predicted octanol–water partition coefficient (Wildman–Crippen LogP) is 7.57. The van der Waals surface area contributed by atoms with E-state index in [-0.39, 0.29) is 42.7 Å². The van der Waals surface area contributed by atoms with Crippen molar-refractivity contribution in [3.63, 3.8) is 0 Å². The van der Waals surface area contributed by atoms with Crippen LogP contribution in [0.25, 0.3) is 21.9 Å². The number of hydrogen-bond acceptors (Lipinski definition) is 2. The van der Waals surface area contributed by atoms with Crippen LogP contribution in [-0.2, 0) is 32.5 Å². The molecule has 0 unspecified atom stereocenters. The van der Waals surface area contributed by atoms with Crippen molar-refractivity contribution >= 4 is 23.2 Å². The molecule has 0 spiro atoms. The minimum Gasteiger partial charge on any atom is -0.313 e. The number of benzene rings is 3. The van der Waals surface area contributed by atoms with Gasteiger partial charge in [-0.1, -0.05) is 36.4 Å². The number of nitrogens with one attached hydrogen (secondary N) is 1. The lowest BCUT2D eigenvalue weighted by Gasteiger charge is -2.20. The highest BCUT2D eigenvalue weighted by atomic mass is 35.5. The first-order valence-corrected chi connectivity index (χ1v) is 11.4. The molecule has 3 aromatic carbocycles.